The first-order valence-electron chi connectivity index (χ1n) is 4.84. The molecule has 0 atom stereocenters. The van der Waals surface area contributed by atoms with Gasteiger partial charge in [0.15, 0.2) is 5.01 Å². The largest absolute Gasteiger partial charge is 0.207 e. The Morgan fingerprint density at radius 1 is 1.18 bits per heavy atom. The van der Waals surface area contributed by atoms with Crippen LogP contribution >= 0.6 is 34.3 Å². The minimum Gasteiger partial charge on any atom is -0.207 e. The van der Waals surface area contributed by atoms with Gasteiger partial charge in [0, 0.05) is 4.70 Å². The van der Waals surface area contributed by atoms with Gasteiger partial charge in [-0.3, -0.25) is 0 Å². The average molecular weight is 285 g/mol. The first-order chi connectivity index (χ1) is 8.26. The van der Waals surface area contributed by atoms with Crippen molar-refractivity contribution >= 4 is 44.4 Å². The highest BCUT2D eigenvalue weighted by Gasteiger charge is 2.10. The first kappa shape index (κ1) is 11.1. The molecule has 3 aromatic rings. The van der Waals surface area contributed by atoms with Gasteiger partial charge in [0.25, 0.3) is 0 Å². The van der Waals surface area contributed by atoms with Crippen molar-refractivity contribution in [3.8, 4) is 9.88 Å². The number of hydrogen-bond acceptors (Lipinski definition) is 4. The summed E-state index contributed by atoms with van der Waals surface area (Å²) in [5, 5.41) is 10.7. The molecule has 0 aliphatic rings. The lowest BCUT2D eigenvalue weighted by Crippen LogP contribution is -1.73. The number of hydrogen-bond donors (Lipinski definition) is 0. The third kappa shape index (κ3) is 2.06. The Morgan fingerprint density at radius 3 is 2.82 bits per heavy atom. The van der Waals surface area contributed by atoms with Gasteiger partial charge in [-0.15, -0.1) is 33.1 Å². The highest BCUT2D eigenvalue weighted by Crippen LogP contribution is 2.35. The van der Waals surface area contributed by atoms with Gasteiger partial charge in [0.2, 0.25) is 0 Å². The molecule has 0 unspecified atom stereocenters. The van der Waals surface area contributed by atoms with Crippen LogP contribution in [0.2, 0.25) is 0 Å². The topological polar surface area (TPSA) is 25.8 Å². The zero-order valence-electron chi connectivity index (χ0n) is 8.48. The zero-order chi connectivity index (χ0) is 11.8. The molecule has 0 saturated heterocycles. The third-order valence-corrected chi connectivity index (χ3v) is 4.88. The molecule has 0 spiro atoms. The fraction of sp³-hybridized carbons (Fsp3) is 0.0909. The summed E-state index contributed by atoms with van der Waals surface area (Å²) in [4.78, 5) is 1.000. The number of aromatic nitrogens is 2. The van der Waals surface area contributed by atoms with E-state index in [-0.39, 0.29) is 5.82 Å². The maximum Gasteiger partial charge on any atom is 0.157 e. The van der Waals surface area contributed by atoms with Gasteiger partial charge in [-0.1, -0.05) is 17.4 Å². The van der Waals surface area contributed by atoms with Crippen molar-refractivity contribution in [3.63, 3.8) is 0 Å². The average Bonchev–Trinajstić information content (AvgIpc) is 2.93. The smallest absolute Gasteiger partial charge is 0.157 e. The molecule has 0 N–H and O–H groups in total. The van der Waals surface area contributed by atoms with Crippen molar-refractivity contribution in [1.29, 1.82) is 0 Å². The van der Waals surface area contributed by atoms with E-state index in [1.54, 1.807) is 6.07 Å². The Balaban J connectivity index is 2.11. The molecular formula is C11H6ClFN2S2. The molecule has 0 radical (unpaired) electrons. The maximum atomic E-state index is 13.1. The second kappa shape index (κ2) is 4.33. The van der Waals surface area contributed by atoms with E-state index in [0.717, 1.165) is 25.0 Å². The molecule has 2 heterocycles. The maximum absolute atomic E-state index is 13.1. The monoisotopic (exact) mass is 284 g/mol. The number of fused-ring (bicyclic) bond motifs is 1. The molecule has 6 heteroatoms. The minimum atomic E-state index is -0.218. The van der Waals surface area contributed by atoms with Gasteiger partial charge in [-0.2, -0.15) is 0 Å². The third-order valence-electron chi connectivity index (χ3n) is 2.27. The molecule has 0 fully saturated rings. The molecule has 2 nitrogen and oxygen atoms in total. The molecule has 86 valence electrons. The molecule has 17 heavy (non-hydrogen) atoms. The molecule has 1 aromatic carbocycles. The highest BCUT2D eigenvalue weighted by atomic mass is 35.5. The highest BCUT2D eigenvalue weighted by molar-refractivity contribution is 7.25. The van der Waals surface area contributed by atoms with Crippen molar-refractivity contribution in [3.05, 3.63) is 35.1 Å². The second-order valence-electron chi connectivity index (χ2n) is 3.43. The lowest BCUT2D eigenvalue weighted by Gasteiger charge is -1.86. The molecule has 2 aromatic heterocycles. The van der Waals surface area contributed by atoms with Crippen molar-refractivity contribution in [2.75, 3.05) is 0 Å². The van der Waals surface area contributed by atoms with Gasteiger partial charge in [0.05, 0.1) is 10.8 Å². The SMILES string of the molecule is Fc1ccc2cc(-c3nnc(CCl)s3)sc2c1. The summed E-state index contributed by atoms with van der Waals surface area (Å²) in [6.45, 7) is 0. The van der Waals surface area contributed by atoms with E-state index in [1.165, 1.54) is 34.8 Å². The Bertz CT molecular complexity index is 677. The van der Waals surface area contributed by atoms with Crippen molar-refractivity contribution in [2.24, 2.45) is 0 Å². The number of halogens is 2. The predicted molar refractivity (Wildman–Crippen MR) is 70.2 cm³/mol. The molecule has 0 aliphatic carbocycles. The normalized spacial score (nSPS) is 11.2. The number of nitrogens with zero attached hydrogens (tertiary/aromatic N) is 2. The summed E-state index contributed by atoms with van der Waals surface area (Å²) < 4.78 is 14.0. The zero-order valence-corrected chi connectivity index (χ0v) is 10.9. The Morgan fingerprint density at radius 2 is 2.06 bits per heavy atom. The van der Waals surface area contributed by atoms with Gasteiger partial charge in [-0.05, 0) is 23.6 Å². The van der Waals surface area contributed by atoms with Crippen molar-refractivity contribution in [2.45, 2.75) is 5.88 Å². The van der Waals surface area contributed by atoms with Gasteiger partial charge in [0.1, 0.15) is 10.8 Å². The van der Waals surface area contributed by atoms with E-state index < -0.39 is 0 Å². The van der Waals surface area contributed by atoms with Crippen molar-refractivity contribution in [1.82, 2.24) is 10.2 Å². The predicted octanol–water partition coefficient (Wildman–Crippen LogP) is 4.30. The summed E-state index contributed by atoms with van der Waals surface area (Å²) in [5.74, 6) is 0.154. The van der Waals surface area contributed by atoms with E-state index in [4.69, 9.17) is 11.6 Å². The standard InChI is InChI=1S/C11H6ClFN2S2/c12-5-10-14-15-11(17-10)9-3-6-1-2-7(13)4-8(6)16-9/h1-4H,5H2. The molecule has 0 saturated carbocycles. The van der Waals surface area contributed by atoms with Gasteiger partial charge >= 0.3 is 0 Å². The van der Waals surface area contributed by atoms with Gasteiger partial charge in [-0.25, -0.2) is 4.39 Å². The van der Waals surface area contributed by atoms with Crippen LogP contribution in [0.1, 0.15) is 5.01 Å². The van der Waals surface area contributed by atoms with E-state index >= 15 is 0 Å². The van der Waals surface area contributed by atoms with E-state index in [1.807, 2.05) is 6.07 Å². The number of thiophene rings is 1. The fourth-order valence-electron chi connectivity index (χ4n) is 1.52. The minimum absolute atomic E-state index is 0.218. The second-order valence-corrected chi connectivity index (χ2v) is 5.84. The van der Waals surface area contributed by atoms with E-state index in [0.29, 0.717) is 5.88 Å². The Kier molecular flexibility index (Phi) is 2.82. The van der Waals surface area contributed by atoms with E-state index in [2.05, 4.69) is 10.2 Å². The summed E-state index contributed by atoms with van der Waals surface area (Å²) in [7, 11) is 0. The molecule has 0 aliphatic heterocycles. The summed E-state index contributed by atoms with van der Waals surface area (Å²) in [6, 6.07) is 6.77. The van der Waals surface area contributed by atoms with Crippen LogP contribution in [-0.4, -0.2) is 10.2 Å². The molecule has 0 amide bonds. The lowest BCUT2D eigenvalue weighted by molar-refractivity contribution is 0.630. The van der Waals surface area contributed by atoms with Crippen molar-refractivity contribution < 1.29 is 4.39 Å². The van der Waals surface area contributed by atoms with Crippen LogP contribution < -0.4 is 0 Å². The first-order valence-corrected chi connectivity index (χ1v) is 7.01. The summed E-state index contributed by atoms with van der Waals surface area (Å²) in [6.07, 6.45) is 0. The number of alkyl halides is 1. The van der Waals surface area contributed by atoms with Crippen LogP contribution in [0.4, 0.5) is 4.39 Å². The Labute approximate surface area is 110 Å². The van der Waals surface area contributed by atoms with Crippen LogP contribution in [0, 0.1) is 5.82 Å². The summed E-state index contributed by atoms with van der Waals surface area (Å²) in [5.41, 5.74) is 0. The Hall–Kier alpha value is -1.04. The molecule has 3 rings (SSSR count). The fourth-order valence-corrected chi connectivity index (χ4v) is 3.55. The number of rotatable bonds is 2. The quantitative estimate of drug-likeness (QED) is 0.656. The molecule has 0 bridgehead atoms. The molecular weight excluding hydrogens is 279 g/mol. The van der Waals surface area contributed by atoms with Crippen LogP contribution in [0.25, 0.3) is 20.0 Å². The number of benzene rings is 1. The van der Waals surface area contributed by atoms with E-state index in [9.17, 15) is 4.39 Å². The summed E-state index contributed by atoms with van der Waals surface area (Å²) >= 11 is 8.67. The van der Waals surface area contributed by atoms with Crippen LogP contribution in [0.5, 0.6) is 0 Å². The van der Waals surface area contributed by atoms with Crippen LogP contribution in [0.15, 0.2) is 24.3 Å². The van der Waals surface area contributed by atoms with Gasteiger partial charge < -0.3 is 0 Å². The van der Waals surface area contributed by atoms with Crippen LogP contribution in [-0.2, 0) is 5.88 Å². The lowest BCUT2D eigenvalue weighted by atomic mass is 10.2. The van der Waals surface area contributed by atoms with Crippen LogP contribution in [0.3, 0.4) is 0 Å².